The number of amides is 2. The Balaban J connectivity index is 1.76. The summed E-state index contributed by atoms with van der Waals surface area (Å²) >= 11 is 0. The summed E-state index contributed by atoms with van der Waals surface area (Å²) in [5.74, 6) is 0.867. The van der Waals surface area contributed by atoms with E-state index in [-0.39, 0.29) is 6.03 Å². The first-order chi connectivity index (χ1) is 15.5. The van der Waals surface area contributed by atoms with Crippen LogP contribution >= 0.6 is 0 Å². The zero-order valence-corrected chi connectivity index (χ0v) is 18.8. The number of carbonyl (C=O) groups excluding carboxylic acids is 2. The molecule has 0 spiro atoms. The number of esters is 1. The molecular weight excluding hydrogens is 410 g/mol. The fourth-order valence-corrected chi connectivity index (χ4v) is 3.73. The minimum atomic E-state index is -0.583. The Kier molecular flexibility index (Phi) is 7.72. The van der Waals surface area contributed by atoms with Crippen LogP contribution in [-0.4, -0.2) is 46.4 Å². The van der Waals surface area contributed by atoms with Crippen LogP contribution < -0.4 is 25.4 Å². The Bertz CT molecular complexity index is 1020. The van der Waals surface area contributed by atoms with Gasteiger partial charge in [-0.15, -0.1) is 0 Å². The van der Waals surface area contributed by atoms with Gasteiger partial charge in [-0.25, -0.2) is 9.59 Å². The third-order valence-electron chi connectivity index (χ3n) is 5.40. The highest BCUT2D eigenvalue weighted by Gasteiger charge is 2.33. The molecule has 32 heavy (non-hydrogen) atoms. The fraction of sp³-hybridized carbons (Fsp3) is 0.333. The van der Waals surface area contributed by atoms with E-state index in [0.717, 1.165) is 23.1 Å². The van der Waals surface area contributed by atoms with Crippen molar-refractivity contribution in [2.24, 2.45) is 0 Å². The van der Waals surface area contributed by atoms with Crippen molar-refractivity contribution in [3.63, 3.8) is 0 Å². The summed E-state index contributed by atoms with van der Waals surface area (Å²) in [5, 5.41) is 8.91. The predicted octanol–water partition coefficient (Wildman–Crippen LogP) is 2.63. The van der Waals surface area contributed by atoms with Crippen LogP contribution in [0.1, 0.15) is 22.7 Å². The van der Waals surface area contributed by atoms with Gasteiger partial charge in [0.2, 0.25) is 0 Å². The van der Waals surface area contributed by atoms with Crippen LogP contribution in [-0.2, 0) is 16.0 Å². The van der Waals surface area contributed by atoms with Crippen molar-refractivity contribution >= 4 is 12.0 Å². The van der Waals surface area contributed by atoms with Crippen molar-refractivity contribution in [3.05, 3.63) is 70.4 Å². The summed E-state index contributed by atoms with van der Waals surface area (Å²) in [6.45, 7) is 2.89. The van der Waals surface area contributed by atoms with E-state index in [2.05, 4.69) is 16.0 Å². The van der Waals surface area contributed by atoms with E-state index in [9.17, 15) is 9.59 Å². The quantitative estimate of drug-likeness (QED) is 0.411. The molecule has 0 radical (unpaired) electrons. The highest BCUT2D eigenvalue weighted by Crippen LogP contribution is 2.30. The Morgan fingerprint density at radius 2 is 1.81 bits per heavy atom. The van der Waals surface area contributed by atoms with Crippen LogP contribution in [0, 0.1) is 6.92 Å². The van der Waals surface area contributed by atoms with Gasteiger partial charge in [0.1, 0.15) is 0 Å². The smallest absolute Gasteiger partial charge is 0.338 e. The third kappa shape index (κ3) is 5.20. The average Bonchev–Trinajstić information content (AvgIpc) is 2.81. The number of carbonyl (C=O) groups is 2. The second kappa shape index (κ2) is 10.7. The van der Waals surface area contributed by atoms with E-state index in [1.54, 1.807) is 14.2 Å². The number of nitrogens with one attached hydrogen (secondary N) is 3. The number of benzene rings is 2. The zero-order chi connectivity index (χ0) is 23.1. The Morgan fingerprint density at radius 3 is 2.50 bits per heavy atom. The van der Waals surface area contributed by atoms with E-state index in [1.807, 2.05) is 49.4 Å². The summed E-state index contributed by atoms with van der Waals surface area (Å²) in [6, 6.07) is 12.5. The molecular formula is C24H29N3O5. The Morgan fingerprint density at radius 1 is 1.06 bits per heavy atom. The lowest BCUT2D eigenvalue weighted by Crippen LogP contribution is -2.48. The lowest BCUT2D eigenvalue weighted by Gasteiger charge is -2.30. The van der Waals surface area contributed by atoms with Crippen LogP contribution in [0.25, 0.3) is 0 Å². The monoisotopic (exact) mass is 439 g/mol. The van der Waals surface area contributed by atoms with Gasteiger partial charge in [-0.05, 0) is 48.7 Å². The van der Waals surface area contributed by atoms with Crippen LogP contribution in [0.15, 0.2) is 53.7 Å². The van der Waals surface area contributed by atoms with Gasteiger partial charge in [0.25, 0.3) is 0 Å². The molecule has 3 N–H and O–H groups in total. The molecule has 8 heteroatoms. The van der Waals surface area contributed by atoms with Crippen molar-refractivity contribution in [2.45, 2.75) is 19.4 Å². The lowest BCUT2D eigenvalue weighted by atomic mass is 9.92. The number of rotatable bonds is 9. The van der Waals surface area contributed by atoms with Gasteiger partial charge in [-0.1, -0.05) is 30.3 Å². The molecule has 2 aromatic carbocycles. The van der Waals surface area contributed by atoms with Crippen LogP contribution in [0.2, 0.25) is 0 Å². The highest BCUT2D eigenvalue weighted by atomic mass is 16.5. The SMILES string of the molecule is COC(=O)C1=C(CNCCc2ccc(OC)c(OC)c2)NC(=O)N[C@@H]1c1ccccc1C. The maximum atomic E-state index is 12.6. The number of urea groups is 1. The van der Waals surface area contributed by atoms with Gasteiger partial charge in [0.05, 0.1) is 32.9 Å². The second-order valence-electron chi connectivity index (χ2n) is 7.39. The van der Waals surface area contributed by atoms with E-state index in [0.29, 0.717) is 35.9 Å². The van der Waals surface area contributed by atoms with E-state index >= 15 is 0 Å². The van der Waals surface area contributed by atoms with E-state index in [4.69, 9.17) is 14.2 Å². The normalized spacial score (nSPS) is 15.6. The fourth-order valence-electron chi connectivity index (χ4n) is 3.73. The van der Waals surface area contributed by atoms with Crippen molar-refractivity contribution in [2.75, 3.05) is 34.4 Å². The Hall–Kier alpha value is -3.52. The molecule has 0 unspecified atom stereocenters. The summed E-state index contributed by atoms with van der Waals surface area (Å²) < 4.78 is 15.6. The molecule has 8 nitrogen and oxygen atoms in total. The molecule has 1 heterocycles. The lowest BCUT2D eigenvalue weighted by molar-refractivity contribution is -0.136. The molecule has 1 atom stereocenters. The average molecular weight is 440 g/mol. The van der Waals surface area contributed by atoms with Gasteiger partial charge < -0.3 is 30.2 Å². The molecule has 2 aromatic rings. The molecule has 0 saturated heterocycles. The third-order valence-corrected chi connectivity index (χ3v) is 5.40. The molecule has 0 saturated carbocycles. The van der Waals surface area contributed by atoms with Crippen LogP contribution in [0.5, 0.6) is 11.5 Å². The maximum Gasteiger partial charge on any atom is 0.338 e. The number of hydrogen-bond acceptors (Lipinski definition) is 6. The van der Waals surface area contributed by atoms with E-state index < -0.39 is 12.0 Å². The molecule has 1 aliphatic heterocycles. The second-order valence-corrected chi connectivity index (χ2v) is 7.39. The molecule has 0 aromatic heterocycles. The zero-order valence-electron chi connectivity index (χ0n) is 18.8. The molecule has 0 fully saturated rings. The largest absolute Gasteiger partial charge is 0.493 e. The number of ether oxygens (including phenoxy) is 3. The first-order valence-electron chi connectivity index (χ1n) is 10.3. The number of hydrogen-bond donors (Lipinski definition) is 3. The molecule has 2 amide bonds. The van der Waals surface area contributed by atoms with Crippen molar-refractivity contribution in [1.82, 2.24) is 16.0 Å². The van der Waals surface area contributed by atoms with Gasteiger partial charge >= 0.3 is 12.0 Å². The summed E-state index contributed by atoms with van der Waals surface area (Å²) in [7, 11) is 4.54. The van der Waals surface area contributed by atoms with Crippen LogP contribution in [0.4, 0.5) is 4.79 Å². The Labute approximate surface area is 187 Å². The minimum absolute atomic E-state index is 0.313. The number of methoxy groups -OCH3 is 3. The standard InChI is InChI=1S/C24H29N3O5/c1-15-7-5-6-8-17(15)22-21(23(28)32-4)18(26-24(29)27-22)14-25-12-11-16-9-10-19(30-2)20(13-16)31-3/h5-10,13,22,25H,11-12,14H2,1-4H3,(H2,26,27,29)/t22-/m1/s1. The minimum Gasteiger partial charge on any atom is -0.493 e. The van der Waals surface area contributed by atoms with Gasteiger partial charge in [0.15, 0.2) is 11.5 Å². The highest BCUT2D eigenvalue weighted by molar-refractivity contribution is 5.95. The molecule has 1 aliphatic rings. The molecule has 0 aliphatic carbocycles. The van der Waals surface area contributed by atoms with Gasteiger partial charge in [-0.3, -0.25) is 0 Å². The summed E-state index contributed by atoms with van der Waals surface area (Å²) in [5.41, 5.74) is 3.79. The van der Waals surface area contributed by atoms with Gasteiger partial charge in [-0.2, -0.15) is 0 Å². The maximum absolute atomic E-state index is 12.6. The molecule has 0 bridgehead atoms. The topological polar surface area (TPSA) is 97.9 Å². The van der Waals surface area contributed by atoms with Crippen molar-refractivity contribution in [1.29, 1.82) is 0 Å². The van der Waals surface area contributed by atoms with Gasteiger partial charge in [0, 0.05) is 12.2 Å². The van der Waals surface area contributed by atoms with Crippen molar-refractivity contribution in [3.8, 4) is 11.5 Å². The first-order valence-corrected chi connectivity index (χ1v) is 10.3. The van der Waals surface area contributed by atoms with E-state index in [1.165, 1.54) is 7.11 Å². The van der Waals surface area contributed by atoms with Crippen molar-refractivity contribution < 1.29 is 23.8 Å². The van der Waals surface area contributed by atoms with Crippen LogP contribution in [0.3, 0.4) is 0 Å². The number of aryl methyl sites for hydroxylation is 1. The summed E-state index contributed by atoms with van der Waals surface area (Å²) in [6.07, 6.45) is 0.731. The summed E-state index contributed by atoms with van der Waals surface area (Å²) in [4.78, 5) is 25.0. The molecule has 3 rings (SSSR count). The predicted molar refractivity (Wildman–Crippen MR) is 121 cm³/mol. The molecule has 170 valence electrons. The first kappa shape index (κ1) is 23.1.